The van der Waals surface area contributed by atoms with Gasteiger partial charge in [-0.2, -0.15) is 5.10 Å². The molecular formula is C23H19ClN4O. The number of halogens is 1. The van der Waals surface area contributed by atoms with Gasteiger partial charge in [0.25, 0.3) is 5.91 Å². The van der Waals surface area contributed by atoms with Crippen LogP contribution in [0.5, 0.6) is 0 Å². The van der Waals surface area contributed by atoms with Crippen molar-refractivity contribution >= 4 is 17.5 Å². The lowest BCUT2D eigenvalue weighted by Crippen LogP contribution is -2.27. The maximum Gasteiger partial charge on any atom is 0.255 e. The minimum Gasteiger partial charge on any atom is -0.345 e. The zero-order valence-corrected chi connectivity index (χ0v) is 16.5. The van der Waals surface area contributed by atoms with E-state index in [-0.39, 0.29) is 11.9 Å². The Morgan fingerprint density at radius 2 is 1.79 bits per heavy atom. The summed E-state index contributed by atoms with van der Waals surface area (Å²) in [6.45, 7) is 1.91. The van der Waals surface area contributed by atoms with Crippen LogP contribution in [0.15, 0.2) is 85.3 Å². The number of nitrogens with one attached hydrogen (secondary N) is 1. The van der Waals surface area contributed by atoms with Gasteiger partial charge in [-0.05, 0) is 42.8 Å². The first-order chi connectivity index (χ1) is 14.1. The molecule has 2 aromatic heterocycles. The van der Waals surface area contributed by atoms with E-state index in [1.165, 1.54) is 0 Å². The lowest BCUT2D eigenvalue weighted by atomic mass is 10.1. The monoisotopic (exact) mass is 402 g/mol. The molecule has 2 heterocycles. The molecule has 0 saturated carbocycles. The van der Waals surface area contributed by atoms with Crippen molar-refractivity contribution in [2.75, 3.05) is 0 Å². The minimum atomic E-state index is -0.252. The van der Waals surface area contributed by atoms with E-state index < -0.39 is 0 Å². The topological polar surface area (TPSA) is 59.8 Å². The third-order valence-corrected chi connectivity index (χ3v) is 4.98. The summed E-state index contributed by atoms with van der Waals surface area (Å²) in [5.41, 5.74) is 3.56. The highest BCUT2D eigenvalue weighted by Crippen LogP contribution is 2.26. The van der Waals surface area contributed by atoms with Gasteiger partial charge < -0.3 is 5.32 Å². The zero-order valence-electron chi connectivity index (χ0n) is 15.8. The van der Waals surface area contributed by atoms with Gasteiger partial charge in [0.2, 0.25) is 0 Å². The second-order valence-corrected chi connectivity index (χ2v) is 7.04. The van der Waals surface area contributed by atoms with Crippen molar-refractivity contribution < 1.29 is 4.79 Å². The van der Waals surface area contributed by atoms with Gasteiger partial charge in [0.05, 0.1) is 17.3 Å². The van der Waals surface area contributed by atoms with Gasteiger partial charge >= 0.3 is 0 Å². The van der Waals surface area contributed by atoms with Crippen molar-refractivity contribution in [1.82, 2.24) is 20.1 Å². The number of rotatable bonds is 5. The normalized spacial score (nSPS) is 11.8. The van der Waals surface area contributed by atoms with Gasteiger partial charge in [-0.25, -0.2) is 4.68 Å². The van der Waals surface area contributed by atoms with Crippen molar-refractivity contribution in [3.05, 3.63) is 101 Å². The largest absolute Gasteiger partial charge is 0.345 e. The quantitative estimate of drug-likeness (QED) is 0.506. The summed E-state index contributed by atoms with van der Waals surface area (Å²) in [7, 11) is 0. The molecule has 144 valence electrons. The molecule has 1 atom stereocenters. The van der Waals surface area contributed by atoms with Crippen LogP contribution in [0, 0.1) is 0 Å². The van der Waals surface area contributed by atoms with Crippen LogP contribution in [0.1, 0.15) is 28.9 Å². The average Bonchev–Trinajstić information content (AvgIpc) is 3.21. The minimum absolute atomic E-state index is 0.224. The maximum atomic E-state index is 13.2. The average molecular weight is 403 g/mol. The van der Waals surface area contributed by atoms with Gasteiger partial charge in [0.1, 0.15) is 5.69 Å². The molecule has 1 N–H and O–H groups in total. The number of hydrogen-bond donors (Lipinski definition) is 1. The summed E-state index contributed by atoms with van der Waals surface area (Å²) in [6, 6.07) is 20.6. The molecule has 4 aromatic rings. The van der Waals surface area contributed by atoms with Gasteiger partial charge in [0.15, 0.2) is 0 Å². The zero-order chi connectivity index (χ0) is 20.2. The van der Waals surface area contributed by atoms with E-state index in [0.717, 1.165) is 16.8 Å². The fourth-order valence-corrected chi connectivity index (χ4v) is 3.45. The number of hydrogen-bond acceptors (Lipinski definition) is 3. The third kappa shape index (κ3) is 4.05. The van der Waals surface area contributed by atoms with Crippen LogP contribution in [-0.2, 0) is 0 Å². The highest BCUT2D eigenvalue weighted by Gasteiger charge is 2.21. The first-order valence-electron chi connectivity index (χ1n) is 9.24. The van der Waals surface area contributed by atoms with Crippen LogP contribution in [0.3, 0.4) is 0 Å². The van der Waals surface area contributed by atoms with Crippen LogP contribution in [0.4, 0.5) is 0 Å². The van der Waals surface area contributed by atoms with Gasteiger partial charge in [0, 0.05) is 29.2 Å². The number of nitrogens with zero attached hydrogens (tertiary/aromatic N) is 3. The van der Waals surface area contributed by atoms with E-state index in [0.29, 0.717) is 16.3 Å². The maximum absolute atomic E-state index is 13.2. The summed E-state index contributed by atoms with van der Waals surface area (Å²) >= 11 is 6.28. The fraction of sp³-hybridized carbons (Fsp3) is 0.0870. The molecule has 29 heavy (non-hydrogen) atoms. The third-order valence-electron chi connectivity index (χ3n) is 4.63. The Balaban J connectivity index is 1.71. The molecule has 0 bridgehead atoms. The van der Waals surface area contributed by atoms with Crippen molar-refractivity contribution in [3.63, 3.8) is 0 Å². The Kier molecular flexibility index (Phi) is 5.40. The fourth-order valence-electron chi connectivity index (χ4n) is 3.15. The van der Waals surface area contributed by atoms with Crippen LogP contribution >= 0.6 is 11.6 Å². The Morgan fingerprint density at radius 3 is 2.52 bits per heavy atom. The van der Waals surface area contributed by atoms with Crippen molar-refractivity contribution in [2.45, 2.75) is 13.0 Å². The SMILES string of the molecule is CC(NC(=O)c1cn(-c2ccccc2)nc1-c1cccnc1)c1ccccc1Cl. The van der Waals surface area contributed by atoms with Gasteiger partial charge in [-0.1, -0.05) is 48.0 Å². The van der Waals surface area contributed by atoms with E-state index in [1.54, 1.807) is 23.3 Å². The van der Waals surface area contributed by atoms with Gasteiger partial charge in [-0.15, -0.1) is 0 Å². The van der Waals surface area contributed by atoms with Crippen LogP contribution in [0.25, 0.3) is 16.9 Å². The predicted octanol–water partition coefficient (Wildman–Crippen LogP) is 5.08. The van der Waals surface area contributed by atoms with E-state index >= 15 is 0 Å². The number of carbonyl (C=O) groups is 1. The molecule has 1 unspecified atom stereocenters. The molecule has 5 nitrogen and oxygen atoms in total. The Hall–Kier alpha value is -3.44. The van der Waals surface area contributed by atoms with Crippen LogP contribution < -0.4 is 5.32 Å². The predicted molar refractivity (Wildman–Crippen MR) is 114 cm³/mol. The molecule has 0 aliphatic carbocycles. The molecule has 6 heteroatoms. The number of benzene rings is 2. The summed E-state index contributed by atoms with van der Waals surface area (Å²) in [5.74, 6) is -0.224. The molecular weight excluding hydrogens is 384 g/mol. The first-order valence-corrected chi connectivity index (χ1v) is 9.62. The number of aromatic nitrogens is 3. The van der Waals surface area contributed by atoms with Crippen LogP contribution in [-0.4, -0.2) is 20.7 Å². The van der Waals surface area contributed by atoms with E-state index in [1.807, 2.05) is 73.7 Å². The van der Waals surface area contributed by atoms with Crippen molar-refractivity contribution in [1.29, 1.82) is 0 Å². The number of amides is 1. The molecule has 0 fully saturated rings. The lowest BCUT2D eigenvalue weighted by Gasteiger charge is -2.15. The lowest BCUT2D eigenvalue weighted by molar-refractivity contribution is 0.0940. The van der Waals surface area contributed by atoms with E-state index in [2.05, 4.69) is 15.4 Å². The summed E-state index contributed by atoms with van der Waals surface area (Å²) < 4.78 is 1.71. The summed E-state index contributed by atoms with van der Waals surface area (Å²) in [5, 5.41) is 8.31. The first kappa shape index (κ1) is 18.9. The Bertz CT molecular complexity index is 1130. The molecule has 0 spiro atoms. The van der Waals surface area contributed by atoms with E-state index in [9.17, 15) is 4.79 Å². The van der Waals surface area contributed by atoms with Crippen molar-refractivity contribution in [3.8, 4) is 16.9 Å². The van der Waals surface area contributed by atoms with Gasteiger partial charge in [-0.3, -0.25) is 9.78 Å². The Labute approximate surface area is 174 Å². The smallest absolute Gasteiger partial charge is 0.255 e. The number of carbonyl (C=O) groups excluding carboxylic acids is 1. The molecule has 1 amide bonds. The molecule has 0 saturated heterocycles. The number of pyridine rings is 1. The standard InChI is InChI=1S/C23H19ClN4O/c1-16(19-11-5-6-12-21(19)24)26-23(29)20-15-28(18-9-3-2-4-10-18)27-22(20)17-8-7-13-25-14-17/h2-16H,1H3,(H,26,29). The molecule has 4 rings (SSSR count). The molecule has 0 aliphatic rings. The highest BCUT2D eigenvalue weighted by molar-refractivity contribution is 6.31. The van der Waals surface area contributed by atoms with E-state index in [4.69, 9.17) is 11.6 Å². The Morgan fingerprint density at radius 1 is 1.03 bits per heavy atom. The van der Waals surface area contributed by atoms with Crippen molar-refractivity contribution in [2.24, 2.45) is 0 Å². The number of para-hydroxylation sites is 1. The summed E-state index contributed by atoms with van der Waals surface area (Å²) in [6.07, 6.45) is 5.13. The molecule has 0 aliphatic heterocycles. The summed E-state index contributed by atoms with van der Waals surface area (Å²) in [4.78, 5) is 17.3. The molecule has 2 aromatic carbocycles. The van der Waals surface area contributed by atoms with Crippen LogP contribution in [0.2, 0.25) is 5.02 Å². The second kappa shape index (κ2) is 8.29. The highest BCUT2D eigenvalue weighted by atomic mass is 35.5. The second-order valence-electron chi connectivity index (χ2n) is 6.63. The molecule has 0 radical (unpaired) electrons.